The molecule has 2 N–H and O–H groups in total. The van der Waals surface area contributed by atoms with E-state index in [0.29, 0.717) is 17.8 Å². The summed E-state index contributed by atoms with van der Waals surface area (Å²) in [7, 11) is 0. The molecule has 0 radical (unpaired) electrons. The molecule has 3 heterocycles. The first-order valence-electron chi connectivity index (χ1n) is 8.48. The van der Waals surface area contributed by atoms with Gasteiger partial charge in [-0.2, -0.15) is 0 Å². The second kappa shape index (κ2) is 6.22. The normalized spacial score (nSPS) is 15.7. The van der Waals surface area contributed by atoms with Crippen LogP contribution in [0, 0.1) is 0 Å². The number of aromatic nitrogens is 2. The molecule has 4 rings (SSSR count). The average molecular weight is 347 g/mol. The summed E-state index contributed by atoms with van der Waals surface area (Å²) in [6, 6.07) is 11.0. The molecule has 1 amide bonds. The first-order chi connectivity index (χ1) is 12.6. The van der Waals surface area contributed by atoms with Gasteiger partial charge in [0.15, 0.2) is 0 Å². The number of aromatic carboxylic acids is 1. The van der Waals surface area contributed by atoms with Gasteiger partial charge in [-0.05, 0) is 48.2 Å². The molecule has 130 valence electrons. The van der Waals surface area contributed by atoms with E-state index in [9.17, 15) is 9.59 Å². The summed E-state index contributed by atoms with van der Waals surface area (Å²) >= 11 is 0. The molecule has 6 nitrogen and oxygen atoms in total. The van der Waals surface area contributed by atoms with Gasteiger partial charge in [0.05, 0.1) is 11.4 Å². The maximum Gasteiger partial charge on any atom is 0.354 e. The number of fused-ring (bicyclic) bond motifs is 2. The number of benzene rings is 1. The third kappa shape index (κ3) is 2.69. The maximum atomic E-state index is 12.4. The summed E-state index contributed by atoms with van der Waals surface area (Å²) in [5.74, 6) is -0.720. The summed E-state index contributed by atoms with van der Waals surface area (Å²) in [5.41, 5.74) is 3.74. The lowest BCUT2D eigenvalue weighted by molar-refractivity contribution is -0.117. The second-order valence-corrected chi connectivity index (χ2v) is 6.36. The molecule has 0 fully saturated rings. The fourth-order valence-electron chi connectivity index (χ4n) is 3.47. The van der Waals surface area contributed by atoms with Crippen molar-refractivity contribution in [2.45, 2.75) is 25.7 Å². The Kier molecular flexibility index (Phi) is 3.88. The van der Waals surface area contributed by atoms with Crippen LogP contribution in [-0.2, 0) is 17.6 Å². The Morgan fingerprint density at radius 2 is 2.08 bits per heavy atom. The van der Waals surface area contributed by atoms with E-state index in [1.54, 1.807) is 12.3 Å². The topological polar surface area (TPSA) is 92.2 Å². The highest BCUT2D eigenvalue weighted by Crippen LogP contribution is 2.34. The van der Waals surface area contributed by atoms with Gasteiger partial charge in [0.1, 0.15) is 11.5 Å². The van der Waals surface area contributed by atoms with E-state index < -0.39 is 5.97 Å². The lowest BCUT2D eigenvalue weighted by atomic mass is 9.90. The van der Waals surface area contributed by atoms with E-state index in [4.69, 9.17) is 5.11 Å². The molecular weight excluding hydrogens is 330 g/mol. The van der Waals surface area contributed by atoms with Crippen molar-refractivity contribution in [2.75, 3.05) is 5.32 Å². The summed E-state index contributed by atoms with van der Waals surface area (Å²) in [6.45, 7) is 2.04. The Hall–Kier alpha value is -3.28. The fourth-order valence-corrected chi connectivity index (χ4v) is 3.47. The van der Waals surface area contributed by atoms with E-state index >= 15 is 0 Å². The van der Waals surface area contributed by atoms with E-state index in [-0.39, 0.29) is 17.5 Å². The molecule has 0 bridgehead atoms. The first kappa shape index (κ1) is 16.2. The Morgan fingerprint density at radius 3 is 2.85 bits per heavy atom. The van der Waals surface area contributed by atoms with Crippen LogP contribution >= 0.6 is 0 Å². The van der Waals surface area contributed by atoms with Gasteiger partial charge < -0.3 is 10.4 Å². The van der Waals surface area contributed by atoms with E-state index in [0.717, 1.165) is 28.5 Å². The van der Waals surface area contributed by atoms with Crippen molar-refractivity contribution in [1.29, 1.82) is 0 Å². The highest BCUT2D eigenvalue weighted by molar-refractivity contribution is 6.02. The number of carboxylic acid groups (broad SMARTS) is 1. The van der Waals surface area contributed by atoms with Crippen molar-refractivity contribution in [3.05, 3.63) is 65.0 Å². The van der Waals surface area contributed by atoms with Crippen LogP contribution in [0.1, 0.15) is 40.0 Å². The van der Waals surface area contributed by atoms with Gasteiger partial charge in [0.2, 0.25) is 5.91 Å². The number of carbonyl (C=O) groups is 2. The van der Waals surface area contributed by atoms with Gasteiger partial charge in [-0.1, -0.05) is 19.1 Å². The zero-order valence-electron chi connectivity index (χ0n) is 14.2. The van der Waals surface area contributed by atoms with Crippen LogP contribution in [0.15, 0.2) is 42.6 Å². The van der Waals surface area contributed by atoms with Gasteiger partial charge in [-0.15, -0.1) is 0 Å². The van der Waals surface area contributed by atoms with Crippen LogP contribution in [0.4, 0.5) is 5.82 Å². The first-order valence-corrected chi connectivity index (χ1v) is 8.48. The number of amides is 1. The standard InChI is InChI=1S/C20H17N3O3/c1-2-11-10-17-12(5-6-16(22-17)20(25)26)8-13(11)9-15-14-4-3-7-21-18(14)23-19(15)24/h3-8,10,15H,2,9H2,1H3,(H,25,26)(H,21,23,24). The minimum Gasteiger partial charge on any atom is -0.477 e. The number of anilines is 1. The van der Waals surface area contributed by atoms with E-state index in [1.807, 2.05) is 31.2 Å². The molecule has 0 aliphatic carbocycles. The molecule has 0 saturated heterocycles. The van der Waals surface area contributed by atoms with E-state index in [1.165, 1.54) is 6.07 Å². The Labute approximate surface area is 149 Å². The average Bonchev–Trinajstić information content (AvgIpc) is 2.96. The number of hydrogen-bond acceptors (Lipinski definition) is 4. The molecule has 1 unspecified atom stereocenters. The van der Waals surface area contributed by atoms with Crippen molar-refractivity contribution >= 4 is 28.6 Å². The van der Waals surface area contributed by atoms with Crippen LogP contribution in [0.25, 0.3) is 10.9 Å². The van der Waals surface area contributed by atoms with Crippen molar-refractivity contribution in [1.82, 2.24) is 9.97 Å². The van der Waals surface area contributed by atoms with Crippen LogP contribution in [0.5, 0.6) is 0 Å². The third-order valence-corrected chi connectivity index (χ3v) is 4.81. The second-order valence-electron chi connectivity index (χ2n) is 6.36. The number of aryl methyl sites for hydroxylation is 1. The molecule has 1 atom stereocenters. The zero-order chi connectivity index (χ0) is 18.3. The summed E-state index contributed by atoms with van der Waals surface area (Å²) < 4.78 is 0. The van der Waals surface area contributed by atoms with Crippen LogP contribution in [0.3, 0.4) is 0 Å². The monoisotopic (exact) mass is 347 g/mol. The number of hydrogen-bond donors (Lipinski definition) is 2. The summed E-state index contributed by atoms with van der Waals surface area (Å²) in [4.78, 5) is 32.0. The van der Waals surface area contributed by atoms with Crippen LogP contribution in [-0.4, -0.2) is 27.0 Å². The summed E-state index contributed by atoms with van der Waals surface area (Å²) in [6.07, 6.45) is 3.02. The number of pyridine rings is 2. The quantitative estimate of drug-likeness (QED) is 0.756. The molecule has 0 spiro atoms. The molecule has 1 aliphatic rings. The van der Waals surface area contributed by atoms with Crippen molar-refractivity contribution < 1.29 is 14.7 Å². The highest BCUT2D eigenvalue weighted by Gasteiger charge is 2.31. The number of nitrogens with one attached hydrogen (secondary N) is 1. The van der Waals surface area contributed by atoms with Crippen molar-refractivity contribution in [3.63, 3.8) is 0 Å². The summed E-state index contributed by atoms with van der Waals surface area (Å²) in [5, 5.41) is 12.8. The molecule has 1 aliphatic heterocycles. The minimum atomic E-state index is -1.04. The molecule has 3 aromatic rings. The molecule has 6 heteroatoms. The zero-order valence-corrected chi connectivity index (χ0v) is 14.2. The Morgan fingerprint density at radius 1 is 1.23 bits per heavy atom. The smallest absolute Gasteiger partial charge is 0.354 e. The number of carbonyl (C=O) groups excluding carboxylic acids is 1. The van der Waals surface area contributed by atoms with Gasteiger partial charge in [0, 0.05) is 17.1 Å². The molecule has 0 saturated carbocycles. The predicted molar refractivity (Wildman–Crippen MR) is 97.4 cm³/mol. The maximum absolute atomic E-state index is 12.4. The minimum absolute atomic E-state index is 0.0301. The number of nitrogens with zero attached hydrogens (tertiary/aromatic N) is 2. The highest BCUT2D eigenvalue weighted by atomic mass is 16.4. The lowest BCUT2D eigenvalue weighted by Crippen LogP contribution is -2.15. The third-order valence-electron chi connectivity index (χ3n) is 4.81. The SMILES string of the molecule is CCc1cc2nc(C(=O)O)ccc2cc1CC1C(=O)Nc2ncccc21. The van der Waals surface area contributed by atoms with Crippen LogP contribution < -0.4 is 5.32 Å². The molecule has 1 aromatic carbocycles. The number of carboxylic acids is 1. The van der Waals surface area contributed by atoms with Crippen molar-refractivity contribution in [3.8, 4) is 0 Å². The van der Waals surface area contributed by atoms with E-state index in [2.05, 4.69) is 15.3 Å². The number of rotatable bonds is 4. The fraction of sp³-hybridized carbons (Fsp3) is 0.200. The molecule has 26 heavy (non-hydrogen) atoms. The van der Waals surface area contributed by atoms with Gasteiger partial charge >= 0.3 is 5.97 Å². The van der Waals surface area contributed by atoms with Crippen LogP contribution in [0.2, 0.25) is 0 Å². The molecule has 2 aromatic heterocycles. The Bertz CT molecular complexity index is 1050. The molecular formula is C20H17N3O3. The van der Waals surface area contributed by atoms with Crippen molar-refractivity contribution in [2.24, 2.45) is 0 Å². The van der Waals surface area contributed by atoms with Gasteiger partial charge in [-0.25, -0.2) is 14.8 Å². The Balaban J connectivity index is 1.76. The van der Waals surface area contributed by atoms with Gasteiger partial charge in [0.25, 0.3) is 0 Å². The largest absolute Gasteiger partial charge is 0.477 e. The van der Waals surface area contributed by atoms with Gasteiger partial charge in [-0.3, -0.25) is 4.79 Å². The predicted octanol–water partition coefficient (Wildman–Crippen LogP) is 3.17. The lowest BCUT2D eigenvalue weighted by Gasteiger charge is -2.14.